The third-order valence-electron chi connectivity index (χ3n) is 6.29. The molecule has 6 rings (SSSR count). The molecule has 0 unspecified atom stereocenters. The van der Waals surface area contributed by atoms with Crippen molar-refractivity contribution in [3.63, 3.8) is 0 Å². The van der Waals surface area contributed by atoms with E-state index < -0.39 is 0 Å². The Bertz CT molecular complexity index is 1640. The van der Waals surface area contributed by atoms with Crippen molar-refractivity contribution in [1.29, 1.82) is 0 Å². The molecule has 0 fully saturated rings. The molecule has 0 radical (unpaired) electrons. The van der Waals surface area contributed by atoms with Crippen LogP contribution in [0, 0.1) is 0 Å². The number of hydrogen-bond acceptors (Lipinski definition) is 5. The van der Waals surface area contributed by atoms with Gasteiger partial charge in [0, 0.05) is 68.3 Å². The summed E-state index contributed by atoms with van der Waals surface area (Å²) in [7, 11) is 5.99. The van der Waals surface area contributed by atoms with Crippen molar-refractivity contribution in [2.75, 3.05) is 5.32 Å². The highest BCUT2D eigenvalue weighted by Crippen LogP contribution is 2.34. The molecule has 8 nitrogen and oxygen atoms in total. The fourth-order valence-corrected chi connectivity index (χ4v) is 4.54. The molecular formula is C26H24N8. The lowest BCUT2D eigenvalue weighted by Crippen LogP contribution is -2.15. The fourth-order valence-electron chi connectivity index (χ4n) is 4.54. The Hall–Kier alpha value is -4.46. The van der Waals surface area contributed by atoms with E-state index in [0.29, 0.717) is 0 Å². The zero-order chi connectivity index (χ0) is 23.2. The molecule has 0 bridgehead atoms. The summed E-state index contributed by atoms with van der Waals surface area (Å²) in [4.78, 5) is 13.6. The first-order valence-corrected chi connectivity index (χ1v) is 11.1. The molecule has 1 N–H and O–H groups in total. The number of fused-ring (bicyclic) bond motifs is 2. The number of anilines is 1. The molecule has 0 saturated carbocycles. The number of imidazole rings is 1. The van der Waals surface area contributed by atoms with Crippen LogP contribution >= 0.6 is 0 Å². The van der Waals surface area contributed by atoms with Gasteiger partial charge in [-0.3, -0.25) is 14.6 Å². The molecule has 0 spiro atoms. The van der Waals surface area contributed by atoms with Crippen LogP contribution in [0.25, 0.3) is 33.1 Å². The number of rotatable bonds is 5. The van der Waals surface area contributed by atoms with Crippen LogP contribution in [0.4, 0.5) is 5.69 Å². The molecule has 1 atom stereocenters. The Labute approximate surface area is 196 Å². The molecule has 4 heterocycles. The lowest BCUT2D eigenvalue weighted by atomic mass is 10.0. The van der Waals surface area contributed by atoms with E-state index in [2.05, 4.69) is 73.5 Å². The van der Waals surface area contributed by atoms with Crippen LogP contribution in [0.5, 0.6) is 0 Å². The summed E-state index contributed by atoms with van der Waals surface area (Å²) in [5.41, 5.74) is 8.06. The summed E-state index contributed by atoms with van der Waals surface area (Å²) in [6.45, 7) is 0. The maximum absolute atomic E-state index is 4.67. The van der Waals surface area contributed by atoms with E-state index >= 15 is 0 Å². The van der Waals surface area contributed by atoms with Crippen molar-refractivity contribution in [2.24, 2.45) is 21.1 Å². The van der Waals surface area contributed by atoms with Crippen molar-refractivity contribution < 1.29 is 0 Å². The Morgan fingerprint density at radius 1 is 0.912 bits per heavy atom. The molecule has 8 heteroatoms. The maximum atomic E-state index is 4.67. The third kappa shape index (κ3) is 3.40. The molecule has 0 aliphatic carbocycles. The van der Waals surface area contributed by atoms with Gasteiger partial charge in [-0.05, 0) is 35.2 Å². The second-order valence-corrected chi connectivity index (χ2v) is 8.60. The van der Waals surface area contributed by atoms with Gasteiger partial charge < -0.3 is 14.5 Å². The molecule has 2 aromatic carbocycles. The first kappa shape index (κ1) is 20.2. The average Bonchev–Trinajstić information content (AvgIpc) is 3.57. The molecule has 0 amide bonds. The number of nitrogens with zero attached hydrogens (tertiary/aromatic N) is 7. The minimum absolute atomic E-state index is 0.126. The monoisotopic (exact) mass is 448 g/mol. The van der Waals surface area contributed by atoms with Crippen LogP contribution in [0.2, 0.25) is 0 Å². The molecule has 0 saturated heterocycles. The van der Waals surface area contributed by atoms with E-state index in [1.165, 1.54) is 10.9 Å². The van der Waals surface area contributed by atoms with Crippen molar-refractivity contribution in [1.82, 2.24) is 33.9 Å². The maximum Gasteiger partial charge on any atom is 0.0966 e. The van der Waals surface area contributed by atoms with Gasteiger partial charge in [0.15, 0.2) is 0 Å². The van der Waals surface area contributed by atoms with Crippen LogP contribution in [0.15, 0.2) is 79.9 Å². The van der Waals surface area contributed by atoms with Crippen molar-refractivity contribution >= 4 is 27.6 Å². The van der Waals surface area contributed by atoms with Gasteiger partial charge in [-0.2, -0.15) is 5.10 Å². The predicted octanol–water partition coefficient (Wildman–Crippen LogP) is 4.46. The number of nitrogens with one attached hydrogen (secondary N) is 1. The summed E-state index contributed by atoms with van der Waals surface area (Å²) in [6, 6.07) is 12.7. The Balaban J connectivity index is 1.50. The van der Waals surface area contributed by atoms with Gasteiger partial charge in [-0.25, -0.2) is 4.98 Å². The van der Waals surface area contributed by atoms with Gasteiger partial charge >= 0.3 is 0 Å². The van der Waals surface area contributed by atoms with E-state index in [4.69, 9.17) is 0 Å². The highest BCUT2D eigenvalue weighted by Gasteiger charge is 2.20. The second-order valence-electron chi connectivity index (χ2n) is 8.60. The first-order valence-electron chi connectivity index (χ1n) is 11.1. The van der Waals surface area contributed by atoms with E-state index in [1.54, 1.807) is 12.4 Å². The minimum atomic E-state index is -0.126. The largest absolute Gasteiger partial charge is 0.373 e. The first-order chi connectivity index (χ1) is 16.6. The Morgan fingerprint density at radius 2 is 1.79 bits per heavy atom. The Kier molecular flexibility index (Phi) is 4.65. The zero-order valence-electron chi connectivity index (χ0n) is 19.2. The number of benzene rings is 2. The summed E-state index contributed by atoms with van der Waals surface area (Å²) >= 11 is 0. The van der Waals surface area contributed by atoms with E-state index in [0.717, 1.165) is 39.1 Å². The highest BCUT2D eigenvalue weighted by atomic mass is 15.2. The summed E-state index contributed by atoms with van der Waals surface area (Å²) < 4.78 is 5.97. The smallest absolute Gasteiger partial charge is 0.0966 e. The quantitative estimate of drug-likeness (QED) is 0.421. The lowest BCUT2D eigenvalue weighted by Gasteiger charge is -2.20. The number of aromatic nitrogens is 7. The minimum Gasteiger partial charge on any atom is -0.373 e. The van der Waals surface area contributed by atoms with E-state index in [-0.39, 0.29) is 6.04 Å². The van der Waals surface area contributed by atoms with Crippen LogP contribution in [0.1, 0.15) is 17.3 Å². The van der Waals surface area contributed by atoms with Gasteiger partial charge in [-0.1, -0.05) is 12.1 Å². The Morgan fingerprint density at radius 3 is 2.59 bits per heavy atom. The van der Waals surface area contributed by atoms with E-state index in [9.17, 15) is 0 Å². The fraction of sp³-hybridized carbons (Fsp3) is 0.154. The van der Waals surface area contributed by atoms with Crippen LogP contribution < -0.4 is 5.32 Å². The van der Waals surface area contributed by atoms with Crippen LogP contribution in [-0.4, -0.2) is 33.9 Å². The molecule has 168 valence electrons. The number of hydrogen-bond donors (Lipinski definition) is 1. The molecule has 34 heavy (non-hydrogen) atoms. The summed E-state index contributed by atoms with van der Waals surface area (Å²) in [5, 5.41) is 9.31. The third-order valence-corrected chi connectivity index (χ3v) is 6.29. The van der Waals surface area contributed by atoms with Crippen LogP contribution in [-0.2, 0) is 21.1 Å². The van der Waals surface area contributed by atoms with Gasteiger partial charge in [-0.15, -0.1) is 0 Å². The van der Waals surface area contributed by atoms with Crippen molar-refractivity contribution in [3.8, 4) is 11.1 Å². The summed E-state index contributed by atoms with van der Waals surface area (Å²) in [6.07, 6.45) is 13.2. The standard InChI is InChI=1S/C26H24N8/c1-32-9-6-17-4-5-18(10-23(17)32)21-11-20(12-22-26(21)29-8-7-28-22)31-25(19-13-30-34(3)15-19)24-14-27-16-33(24)2/h4-16,25,31H,1-3H3/t25-/m0/s1. The molecule has 0 aliphatic rings. The van der Waals surface area contributed by atoms with Crippen molar-refractivity contribution in [3.05, 3.63) is 91.2 Å². The second kappa shape index (κ2) is 7.84. The number of aryl methyl sites for hydroxylation is 3. The van der Waals surface area contributed by atoms with E-state index in [1.807, 2.05) is 54.3 Å². The van der Waals surface area contributed by atoms with Gasteiger partial charge in [0.25, 0.3) is 0 Å². The van der Waals surface area contributed by atoms with Gasteiger partial charge in [0.2, 0.25) is 0 Å². The molecule has 0 aliphatic heterocycles. The summed E-state index contributed by atoms with van der Waals surface area (Å²) in [5.74, 6) is 0. The molecular weight excluding hydrogens is 424 g/mol. The predicted molar refractivity (Wildman–Crippen MR) is 133 cm³/mol. The lowest BCUT2D eigenvalue weighted by molar-refractivity contribution is 0.759. The zero-order valence-corrected chi connectivity index (χ0v) is 19.2. The normalized spacial score (nSPS) is 12.4. The topological polar surface area (TPSA) is 78.4 Å². The highest BCUT2D eigenvalue weighted by molar-refractivity contribution is 5.97. The van der Waals surface area contributed by atoms with Gasteiger partial charge in [0.05, 0.1) is 41.5 Å². The van der Waals surface area contributed by atoms with Crippen LogP contribution in [0.3, 0.4) is 0 Å². The molecule has 6 aromatic rings. The SMILES string of the molecule is Cn1cc([C@H](Nc2cc(-c3ccc4ccn(C)c4c3)c3nccnc3c2)c2cncn2C)cn1. The van der Waals surface area contributed by atoms with Crippen molar-refractivity contribution in [2.45, 2.75) is 6.04 Å². The average molecular weight is 449 g/mol. The van der Waals surface area contributed by atoms with Gasteiger partial charge in [0.1, 0.15) is 0 Å². The molecule has 4 aromatic heterocycles.